The minimum absolute atomic E-state index is 0.0315. The van der Waals surface area contributed by atoms with Crippen LogP contribution < -0.4 is 0 Å². The Balaban J connectivity index is 1.77. The zero-order chi connectivity index (χ0) is 22.6. The molecule has 1 aliphatic rings. The van der Waals surface area contributed by atoms with E-state index < -0.39 is 0 Å². The maximum atomic E-state index is 11.2. The van der Waals surface area contributed by atoms with E-state index in [0.717, 1.165) is 40.4 Å². The average molecular weight is 427 g/mol. The average Bonchev–Trinajstić information content (AvgIpc) is 3.30. The lowest BCUT2D eigenvalue weighted by Crippen LogP contribution is -1.99. The van der Waals surface area contributed by atoms with Crippen LogP contribution in [0.4, 0.5) is 0 Å². The van der Waals surface area contributed by atoms with Gasteiger partial charge in [0, 0.05) is 17.0 Å². The molecule has 0 fully saturated rings. The summed E-state index contributed by atoms with van der Waals surface area (Å²) in [4.78, 5) is 22.4. The van der Waals surface area contributed by atoms with E-state index in [-0.39, 0.29) is 5.92 Å². The predicted molar refractivity (Wildman–Crippen MR) is 134 cm³/mol. The maximum Gasteiger partial charge on any atom is 0.150 e. The van der Waals surface area contributed by atoms with Gasteiger partial charge in [-0.05, 0) is 39.0 Å². The van der Waals surface area contributed by atoms with E-state index in [2.05, 4.69) is 54.6 Å². The number of carbonyl (C=O) groups excluding carboxylic acids is 2. The molecule has 0 amide bonds. The zero-order valence-electron chi connectivity index (χ0n) is 18.0. The normalized spacial score (nSPS) is 15.3. The third-order valence-corrected chi connectivity index (χ3v) is 6.12. The highest BCUT2D eigenvalue weighted by molar-refractivity contribution is 6.20. The van der Waals surface area contributed by atoms with Crippen molar-refractivity contribution in [1.29, 1.82) is 0 Å². The van der Waals surface area contributed by atoms with E-state index in [1.165, 1.54) is 11.1 Å². The highest BCUT2D eigenvalue weighted by Gasteiger charge is 2.30. The standard InChI is InChI=1S/C31H22O2/c32-20-22-11-15-24(16-12-22)28-19-29(25-17-13-23(21-33)14-18-25)31(27-9-5-2-6-10-27)30(28)26-7-3-1-4-8-26/h1-21,28H. The van der Waals surface area contributed by atoms with Gasteiger partial charge in [-0.3, -0.25) is 9.59 Å². The van der Waals surface area contributed by atoms with Gasteiger partial charge in [0.15, 0.2) is 0 Å². The second kappa shape index (κ2) is 9.05. The second-order valence-corrected chi connectivity index (χ2v) is 8.10. The van der Waals surface area contributed by atoms with E-state index in [0.29, 0.717) is 11.1 Å². The first-order chi connectivity index (χ1) is 16.3. The van der Waals surface area contributed by atoms with Gasteiger partial charge in [0.1, 0.15) is 12.6 Å². The second-order valence-electron chi connectivity index (χ2n) is 8.10. The first-order valence-corrected chi connectivity index (χ1v) is 11.0. The number of carbonyl (C=O) groups is 2. The smallest absolute Gasteiger partial charge is 0.150 e. The van der Waals surface area contributed by atoms with Crippen LogP contribution in [0.1, 0.15) is 48.9 Å². The fourth-order valence-corrected chi connectivity index (χ4v) is 4.52. The number of aldehydes is 2. The van der Waals surface area contributed by atoms with Crippen molar-refractivity contribution < 1.29 is 9.59 Å². The molecule has 0 heterocycles. The molecule has 0 spiro atoms. The topological polar surface area (TPSA) is 34.1 Å². The van der Waals surface area contributed by atoms with Gasteiger partial charge in [0.05, 0.1) is 0 Å². The van der Waals surface area contributed by atoms with Crippen molar-refractivity contribution in [3.05, 3.63) is 149 Å². The molecule has 0 aromatic heterocycles. The van der Waals surface area contributed by atoms with Crippen LogP contribution in [0.15, 0.2) is 115 Å². The van der Waals surface area contributed by atoms with Gasteiger partial charge in [-0.25, -0.2) is 0 Å². The lowest BCUT2D eigenvalue weighted by Gasteiger charge is -2.18. The summed E-state index contributed by atoms with van der Waals surface area (Å²) in [6.07, 6.45) is 4.04. The summed E-state index contributed by atoms with van der Waals surface area (Å²) in [7, 11) is 0. The molecule has 2 nitrogen and oxygen atoms in total. The summed E-state index contributed by atoms with van der Waals surface area (Å²) in [6, 6.07) is 36.5. The molecule has 0 radical (unpaired) electrons. The summed E-state index contributed by atoms with van der Waals surface area (Å²) >= 11 is 0. The van der Waals surface area contributed by atoms with Crippen LogP contribution in [0.25, 0.3) is 16.7 Å². The van der Waals surface area contributed by atoms with Crippen LogP contribution in [0.2, 0.25) is 0 Å². The van der Waals surface area contributed by atoms with Gasteiger partial charge < -0.3 is 0 Å². The molecule has 5 rings (SSSR count). The van der Waals surface area contributed by atoms with Crippen molar-refractivity contribution in [3.63, 3.8) is 0 Å². The molecule has 1 atom stereocenters. The van der Waals surface area contributed by atoms with Crippen molar-refractivity contribution >= 4 is 29.3 Å². The minimum Gasteiger partial charge on any atom is -0.298 e. The lowest BCUT2D eigenvalue weighted by molar-refractivity contribution is 0.111. The molecule has 0 N–H and O–H groups in total. The molecular formula is C31H22O2. The number of allylic oxidation sites excluding steroid dienone is 4. The Kier molecular flexibility index (Phi) is 5.65. The Morgan fingerprint density at radius 2 is 1.03 bits per heavy atom. The molecule has 1 unspecified atom stereocenters. The van der Waals surface area contributed by atoms with E-state index in [1.807, 2.05) is 60.7 Å². The van der Waals surface area contributed by atoms with Crippen molar-refractivity contribution in [2.45, 2.75) is 5.92 Å². The Morgan fingerprint density at radius 3 is 1.58 bits per heavy atom. The largest absolute Gasteiger partial charge is 0.298 e. The third-order valence-electron chi connectivity index (χ3n) is 6.12. The highest BCUT2D eigenvalue weighted by atomic mass is 16.1. The SMILES string of the molecule is O=Cc1ccc(C2=CC(c3ccc(C=O)cc3)C(c3ccccc3)=C2c2ccccc2)cc1. The highest BCUT2D eigenvalue weighted by Crippen LogP contribution is 2.51. The Labute approximate surface area is 193 Å². The first-order valence-electron chi connectivity index (χ1n) is 11.0. The monoisotopic (exact) mass is 426 g/mol. The van der Waals surface area contributed by atoms with Gasteiger partial charge in [-0.2, -0.15) is 0 Å². The molecule has 2 heteroatoms. The van der Waals surface area contributed by atoms with Crippen LogP contribution in [-0.4, -0.2) is 12.6 Å². The van der Waals surface area contributed by atoms with Gasteiger partial charge in [0.25, 0.3) is 0 Å². The Hall–Kier alpha value is -4.30. The lowest BCUT2D eigenvalue weighted by atomic mass is 9.85. The number of rotatable bonds is 6. The third kappa shape index (κ3) is 3.99. The minimum atomic E-state index is 0.0315. The van der Waals surface area contributed by atoms with Gasteiger partial charge in [0.2, 0.25) is 0 Å². The molecule has 0 aliphatic heterocycles. The molecule has 158 valence electrons. The fraction of sp³-hybridized carbons (Fsp3) is 0.0323. The quantitative estimate of drug-likeness (QED) is 0.308. The summed E-state index contributed by atoms with van der Waals surface area (Å²) < 4.78 is 0. The molecule has 4 aromatic carbocycles. The number of benzene rings is 4. The van der Waals surface area contributed by atoms with Crippen LogP contribution in [0, 0.1) is 0 Å². The van der Waals surface area contributed by atoms with Crippen molar-refractivity contribution in [2.75, 3.05) is 0 Å². The molecule has 1 aliphatic carbocycles. The molecule has 0 saturated heterocycles. The van der Waals surface area contributed by atoms with E-state index in [4.69, 9.17) is 0 Å². The van der Waals surface area contributed by atoms with Gasteiger partial charge in [-0.15, -0.1) is 0 Å². The maximum absolute atomic E-state index is 11.2. The van der Waals surface area contributed by atoms with Gasteiger partial charge in [-0.1, -0.05) is 115 Å². The van der Waals surface area contributed by atoms with Crippen LogP contribution >= 0.6 is 0 Å². The van der Waals surface area contributed by atoms with Crippen LogP contribution in [0.5, 0.6) is 0 Å². The molecule has 33 heavy (non-hydrogen) atoms. The van der Waals surface area contributed by atoms with Crippen molar-refractivity contribution in [3.8, 4) is 0 Å². The molecule has 0 saturated carbocycles. The summed E-state index contributed by atoms with van der Waals surface area (Å²) in [5.74, 6) is 0.0315. The zero-order valence-corrected chi connectivity index (χ0v) is 18.0. The van der Waals surface area contributed by atoms with E-state index >= 15 is 0 Å². The number of hydrogen-bond acceptors (Lipinski definition) is 2. The summed E-state index contributed by atoms with van der Waals surface area (Å²) in [5.41, 5.74) is 9.39. The first kappa shape index (κ1) is 20.6. The molecule has 0 bridgehead atoms. The summed E-state index contributed by atoms with van der Waals surface area (Å²) in [6.45, 7) is 0. The van der Waals surface area contributed by atoms with Crippen molar-refractivity contribution in [1.82, 2.24) is 0 Å². The Bertz CT molecular complexity index is 1340. The number of hydrogen-bond donors (Lipinski definition) is 0. The van der Waals surface area contributed by atoms with Crippen LogP contribution in [-0.2, 0) is 0 Å². The van der Waals surface area contributed by atoms with Gasteiger partial charge >= 0.3 is 0 Å². The molecule has 4 aromatic rings. The van der Waals surface area contributed by atoms with E-state index in [1.54, 1.807) is 0 Å². The fourth-order valence-electron chi connectivity index (χ4n) is 4.52. The predicted octanol–water partition coefficient (Wildman–Crippen LogP) is 7.10. The summed E-state index contributed by atoms with van der Waals surface area (Å²) in [5, 5.41) is 0. The van der Waals surface area contributed by atoms with Crippen molar-refractivity contribution in [2.24, 2.45) is 0 Å². The van der Waals surface area contributed by atoms with Crippen LogP contribution in [0.3, 0.4) is 0 Å². The Morgan fingerprint density at radius 1 is 0.515 bits per heavy atom. The van der Waals surface area contributed by atoms with E-state index in [9.17, 15) is 9.59 Å². The molecular weight excluding hydrogens is 404 g/mol.